The third-order valence-corrected chi connectivity index (χ3v) is 10.6. The van der Waals surface area contributed by atoms with Gasteiger partial charge in [0.05, 0.1) is 44.9 Å². The van der Waals surface area contributed by atoms with Crippen LogP contribution < -0.4 is 0 Å². The minimum absolute atomic E-state index is 0.104. The van der Waals surface area contributed by atoms with E-state index in [0.29, 0.717) is 0 Å². The zero-order valence-corrected chi connectivity index (χ0v) is 30.4. The molecule has 1 aliphatic rings. The number of halogens is 14. The number of H-pyrrole nitrogens is 3. The molecule has 8 rings (SSSR count). The quantitative estimate of drug-likeness (QED) is 0.0555. The summed E-state index contributed by atoms with van der Waals surface area (Å²) in [6.07, 6.45) is 1.56. The van der Waals surface area contributed by atoms with Gasteiger partial charge in [-0.05, 0) is 48.6 Å². The molecule has 4 N–H and O–H groups in total. The SMILES string of the molecule is O=C(O)CCSc1c(F)c(F)c(-c2c3nc(c4ccc([nH]4)c(-c4c(F)c(F)c(F)c(F)c4F)c4ccc([nH]4)c(-c4c(F)c(F)c(F)c(F)c4F)c4ccc2[nH]4)C=C3)c(F)c1F. The van der Waals surface area contributed by atoms with Gasteiger partial charge in [-0.15, -0.1) is 11.8 Å². The molecule has 6 nitrogen and oxygen atoms in total. The van der Waals surface area contributed by atoms with Crippen molar-refractivity contribution in [2.45, 2.75) is 11.3 Å². The topological polar surface area (TPSA) is 97.6 Å². The molecule has 4 aromatic heterocycles. The zero-order valence-electron chi connectivity index (χ0n) is 29.5. The predicted molar refractivity (Wildman–Crippen MR) is 194 cm³/mol. The first kappa shape index (κ1) is 41.0. The molecule has 0 unspecified atom stereocenters. The summed E-state index contributed by atoms with van der Waals surface area (Å²) in [5.74, 6) is -34.3. The van der Waals surface area contributed by atoms with Gasteiger partial charge in [0.1, 0.15) is 0 Å². The molecule has 0 amide bonds. The van der Waals surface area contributed by atoms with E-state index in [1.807, 2.05) is 0 Å². The number of hydrogen-bond acceptors (Lipinski definition) is 3. The van der Waals surface area contributed by atoms with Gasteiger partial charge in [-0.1, -0.05) is 0 Å². The number of aromatic amines is 3. The molecular weight excluding hydrogens is 867 g/mol. The van der Waals surface area contributed by atoms with Gasteiger partial charge in [0, 0.05) is 50.0 Å². The van der Waals surface area contributed by atoms with Crippen molar-refractivity contribution in [3.63, 3.8) is 0 Å². The van der Waals surface area contributed by atoms with Crippen molar-refractivity contribution in [1.82, 2.24) is 19.9 Å². The van der Waals surface area contributed by atoms with Crippen molar-refractivity contribution in [3.05, 3.63) is 129 Å². The first-order chi connectivity index (χ1) is 28.9. The lowest BCUT2D eigenvalue weighted by molar-refractivity contribution is -0.136. The molecule has 8 bridgehead atoms. The highest BCUT2D eigenvalue weighted by Gasteiger charge is 2.33. The van der Waals surface area contributed by atoms with Crippen LogP contribution in [-0.4, -0.2) is 36.8 Å². The number of carboxylic acids is 1. The van der Waals surface area contributed by atoms with Crippen LogP contribution in [0.15, 0.2) is 41.3 Å². The molecule has 21 heteroatoms. The summed E-state index contributed by atoms with van der Waals surface area (Å²) in [6, 6.07) is 5.79. The Kier molecular flexibility index (Phi) is 10.1. The fraction of sp³-hybridized carbons (Fsp3) is 0.0500. The Morgan fingerprint density at radius 1 is 0.426 bits per heavy atom. The van der Waals surface area contributed by atoms with Crippen LogP contribution in [0, 0.1) is 81.4 Å². The maximum absolute atomic E-state index is 16.1. The van der Waals surface area contributed by atoms with Crippen LogP contribution >= 0.6 is 11.8 Å². The number of carbonyl (C=O) groups is 1. The van der Waals surface area contributed by atoms with Gasteiger partial charge in [0.25, 0.3) is 0 Å². The van der Waals surface area contributed by atoms with Crippen molar-refractivity contribution >= 4 is 63.0 Å². The lowest BCUT2D eigenvalue weighted by Crippen LogP contribution is -2.05. The van der Waals surface area contributed by atoms with Crippen LogP contribution in [0.5, 0.6) is 0 Å². The number of thioether (sulfide) groups is 1. The monoisotopic (exact) mass is 882 g/mol. The smallest absolute Gasteiger partial charge is 0.304 e. The maximum Gasteiger partial charge on any atom is 0.304 e. The molecule has 61 heavy (non-hydrogen) atoms. The highest BCUT2D eigenvalue weighted by molar-refractivity contribution is 7.99. The molecule has 0 saturated heterocycles. The predicted octanol–water partition coefficient (Wildman–Crippen LogP) is 12.2. The molecule has 0 aliphatic carbocycles. The fourth-order valence-electron chi connectivity index (χ4n) is 6.79. The zero-order chi connectivity index (χ0) is 43.9. The summed E-state index contributed by atoms with van der Waals surface area (Å²) in [5.41, 5.74) is -10.9. The van der Waals surface area contributed by atoms with Crippen LogP contribution in [0.1, 0.15) is 17.8 Å². The highest BCUT2D eigenvalue weighted by Crippen LogP contribution is 2.43. The van der Waals surface area contributed by atoms with Crippen LogP contribution in [0.2, 0.25) is 0 Å². The summed E-state index contributed by atoms with van der Waals surface area (Å²) in [6.45, 7) is 0. The van der Waals surface area contributed by atoms with Gasteiger partial charge >= 0.3 is 5.97 Å². The summed E-state index contributed by atoms with van der Waals surface area (Å²) >= 11 is 0.141. The Bertz CT molecular complexity index is 3140. The van der Waals surface area contributed by atoms with E-state index < -0.39 is 171 Å². The average molecular weight is 883 g/mol. The Morgan fingerprint density at radius 3 is 1.15 bits per heavy atom. The second-order valence-electron chi connectivity index (χ2n) is 13.0. The number of hydrogen-bond donors (Lipinski definition) is 4. The number of nitrogens with one attached hydrogen (secondary N) is 3. The van der Waals surface area contributed by atoms with Crippen molar-refractivity contribution in [1.29, 1.82) is 0 Å². The van der Waals surface area contributed by atoms with E-state index in [1.165, 1.54) is 6.07 Å². The van der Waals surface area contributed by atoms with Crippen molar-refractivity contribution in [2.75, 3.05) is 5.75 Å². The van der Waals surface area contributed by atoms with Gasteiger partial charge in [-0.25, -0.2) is 66.4 Å². The lowest BCUT2D eigenvalue weighted by atomic mass is 10.0. The second-order valence-corrected chi connectivity index (χ2v) is 14.1. The number of rotatable bonds is 7. The molecule has 1 aliphatic heterocycles. The number of benzene rings is 3. The normalized spacial score (nSPS) is 12.0. The number of aliphatic carboxylic acids is 1. The van der Waals surface area contributed by atoms with Crippen LogP contribution in [0.4, 0.5) is 61.5 Å². The molecular formula is C40H16F14N4O2S. The molecule has 7 aromatic rings. The van der Waals surface area contributed by atoms with E-state index in [-0.39, 0.29) is 23.0 Å². The molecule has 0 fully saturated rings. The van der Waals surface area contributed by atoms with Gasteiger partial charge in [0.2, 0.25) is 11.6 Å². The van der Waals surface area contributed by atoms with Crippen LogP contribution in [0.25, 0.3) is 78.6 Å². The Morgan fingerprint density at radius 2 is 0.738 bits per heavy atom. The van der Waals surface area contributed by atoms with E-state index >= 15 is 35.1 Å². The Labute approximate surface area is 333 Å². The summed E-state index contributed by atoms with van der Waals surface area (Å²) < 4.78 is 214. The summed E-state index contributed by atoms with van der Waals surface area (Å²) in [7, 11) is 0. The number of carboxylic acid groups (broad SMARTS) is 1. The maximum atomic E-state index is 16.1. The molecule has 0 radical (unpaired) electrons. The van der Waals surface area contributed by atoms with E-state index in [2.05, 4.69) is 19.9 Å². The van der Waals surface area contributed by atoms with Gasteiger partial charge in [0.15, 0.2) is 69.8 Å². The third-order valence-electron chi connectivity index (χ3n) is 9.53. The summed E-state index contributed by atoms with van der Waals surface area (Å²) in [5, 5.41) is 8.92. The minimum atomic E-state index is -2.59. The van der Waals surface area contributed by atoms with Gasteiger partial charge in [-0.2, -0.15) is 0 Å². The van der Waals surface area contributed by atoms with E-state index in [4.69, 9.17) is 5.11 Å². The number of nitrogens with zero attached hydrogens (tertiary/aromatic N) is 1. The van der Waals surface area contributed by atoms with Crippen molar-refractivity contribution < 1.29 is 71.4 Å². The van der Waals surface area contributed by atoms with Crippen molar-refractivity contribution in [3.8, 4) is 33.4 Å². The summed E-state index contributed by atoms with van der Waals surface area (Å²) in [4.78, 5) is 21.6. The molecule has 312 valence electrons. The minimum Gasteiger partial charge on any atom is -0.481 e. The van der Waals surface area contributed by atoms with Crippen molar-refractivity contribution in [2.24, 2.45) is 0 Å². The van der Waals surface area contributed by atoms with Gasteiger partial charge in [-0.3, -0.25) is 4.79 Å². The number of aromatic nitrogens is 4. The van der Waals surface area contributed by atoms with E-state index in [1.54, 1.807) is 0 Å². The molecule has 3 aromatic carbocycles. The number of fused-ring (bicyclic) bond motifs is 9. The first-order valence-electron chi connectivity index (χ1n) is 17.0. The fourth-order valence-corrected chi connectivity index (χ4v) is 7.71. The van der Waals surface area contributed by atoms with Crippen LogP contribution in [-0.2, 0) is 4.79 Å². The second kappa shape index (κ2) is 15.0. The van der Waals surface area contributed by atoms with Gasteiger partial charge < -0.3 is 20.1 Å². The Balaban J connectivity index is 1.58. The lowest BCUT2D eigenvalue weighted by Gasteiger charge is -2.13. The first-order valence-corrected chi connectivity index (χ1v) is 18.0. The Hall–Kier alpha value is -6.77. The third kappa shape index (κ3) is 6.44. The van der Waals surface area contributed by atoms with E-state index in [9.17, 15) is 31.1 Å². The molecule has 0 spiro atoms. The largest absolute Gasteiger partial charge is 0.481 e. The standard InChI is InChI=1S/C40H16F14N4O2S/c41-26-23(27(42)33(48)36(51)32(26)47)20-13-3-1-11(55-13)12-2-4-14(56-12)21(25-30(45)38(53)40(39(54)31(25)46)61-10-9-19(59)60)16-6-8-18(58-16)22(17-7-5-15(20)57-17)24-28(43)34(49)37(52)35(50)29(24)44/h1-8,55,57-58H,9-10H2,(H,59,60). The van der Waals surface area contributed by atoms with Crippen LogP contribution in [0.3, 0.4) is 0 Å². The van der Waals surface area contributed by atoms with E-state index in [0.717, 1.165) is 42.5 Å². The molecule has 0 saturated carbocycles. The molecule has 0 atom stereocenters. The highest BCUT2D eigenvalue weighted by atomic mass is 32.2. The molecule has 5 heterocycles. The average Bonchev–Trinajstić information content (AvgIpc) is 4.08.